The molecule has 2 bridgehead atoms. The average molecular weight is 463 g/mol. The SMILES string of the molecule is CN1CC[C@]23c4c5ccc(OC6O[C@H](C(=O)O)[C@@H](O)[C@H](O)[C@H]6O)c4O[C@H]2C(O)CC[C@H]3[C@H]1C5. The number of carboxylic acid groups (broad SMARTS) is 1. The van der Waals surface area contributed by atoms with Gasteiger partial charge in [-0.3, -0.25) is 0 Å². The van der Waals surface area contributed by atoms with Crippen LogP contribution in [0.2, 0.25) is 0 Å². The Balaban J connectivity index is 1.40. The predicted molar refractivity (Wildman–Crippen MR) is 111 cm³/mol. The van der Waals surface area contributed by atoms with Crippen molar-refractivity contribution in [2.24, 2.45) is 5.92 Å². The molecule has 10 atom stereocenters. The standard InChI is InChI=1S/C23H29NO9/c1-24-7-6-23-10-3-4-12(25)20(23)32-18-13(5-2-9(14(18)23)8-11(10)24)31-22-17(28)15(26)16(27)19(33-22)21(29)30/h2,5,10-12,15-17,19-20,22,25-28H,3-4,6-8H2,1H3,(H,29,30)/t10-,11+,12?,15-,16-,17+,19-,20-,22?,23-/m0/s1. The fraction of sp³-hybridized carbons (Fsp3) is 0.696. The van der Waals surface area contributed by atoms with Crippen LogP contribution in [-0.4, -0.2) is 98.9 Å². The van der Waals surface area contributed by atoms with Crippen LogP contribution >= 0.6 is 0 Å². The Bertz CT molecular complexity index is 987. The highest BCUT2D eigenvalue weighted by molar-refractivity contribution is 5.73. The normalized spacial score (nSPS) is 45.8. The van der Waals surface area contributed by atoms with Crippen LogP contribution in [-0.2, 0) is 21.4 Å². The van der Waals surface area contributed by atoms with E-state index in [0.717, 1.165) is 36.9 Å². The Hall–Kier alpha value is -1.95. The molecule has 33 heavy (non-hydrogen) atoms. The molecule has 3 fully saturated rings. The Morgan fingerprint density at radius 2 is 1.94 bits per heavy atom. The lowest BCUT2D eigenvalue weighted by Gasteiger charge is -2.58. The molecule has 2 aliphatic carbocycles. The predicted octanol–water partition coefficient (Wildman–Crippen LogP) is -1.01. The molecular formula is C23H29NO9. The summed E-state index contributed by atoms with van der Waals surface area (Å²) in [6.45, 7) is 0.895. The third-order valence-corrected chi connectivity index (χ3v) is 8.60. The quantitative estimate of drug-likeness (QED) is 0.377. The van der Waals surface area contributed by atoms with Gasteiger partial charge in [0.1, 0.15) is 24.4 Å². The summed E-state index contributed by atoms with van der Waals surface area (Å²) >= 11 is 0. The Morgan fingerprint density at radius 1 is 1.15 bits per heavy atom. The number of nitrogens with zero attached hydrogens (tertiary/aromatic N) is 1. The van der Waals surface area contributed by atoms with Crippen LogP contribution in [0, 0.1) is 5.92 Å². The number of rotatable bonds is 3. The van der Waals surface area contributed by atoms with E-state index in [9.17, 15) is 30.3 Å². The van der Waals surface area contributed by atoms with Gasteiger partial charge in [-0.05, 0) is 56.8 Å². The van der Waals surface area contributed by atoms with E-state index < -0.39 is 48.9 Å². The maximum absolute atomic E-state index is 11.5. The van der Waals surface area contributed by atoms with Gasteiger partial charge in [-0.15, -0.1) is 0 Å². The molecule has 5 aliphatic rings. The van der Waals surface area contributed by atoms with Crippen molar-refractivity contribution in [2.45, 2.75) is 80.1 Å². The number of aliphatic carboxylic acids is 1. The van der Waals surface area contributed by atoms with E-state index in [1.807, 2.05) is 6.07 Å². The van der Waals surface area contributed by atoms with Crippen molar-refractivity contribution in [1.82, 2.24) is 4.90 Å². The van der Waals surface area contributed by atoms with E-state index in [2.05, 4.69) is 11.9 Å². The molecule has 1 spiro atoms. The summed E-state index contributed by atoms with van der Waals surface area (Å²) in [5, 5.41) is 50.7. The van der Waals surface area contributed by atoms with Crippen molar-refractivity contribution in [1.29, 1.82) is 0 Å². The van der Waals surface area contributed by atoms with E-state index in [-0.39, 0.29) is 11.2 Å². The van der Waals surface area contributed by atoms with Crippen molar-refractivity contribution in [3.63, 3.8) is 0 Å². The van der Waals surface area contributed by atoms with Gasteiger partial charge in [-0.1, -0.05) is 6.07 Å². The van der Waals surface area contributed by atoms with Gasteiger partial charge in [0, 0.05) is 17.0 Å². The lowest BCUT2D eigenvalue weighted by atomic mass is 9.51. The lowest BCUT2D eigenvalue weighted by molar-refractivity contribution is -0.271. The summed E-state index contributed by atoms with van der Waals surface area (Å²) in [5.74, 6) is -0.368. The number of aliphatic hydroxyl groups excluding tert-OH is 4. The smallest absolute Gasteiger partial charge is 0.335 e. The molecule has 10 nitrogen and oxygen atoms in total. The van der Waals surface area contributed by atoms with Crippen LogP contribution < -0.4 is 9.47 Å². The first-order valence-electron chi connectivity index (χ1n) is 11.5. The fourth-order valence-corrected chi connectivity index (χ4v) is 7.07. The molecule has 10 heteroatoms. The average Bonchev–Trinajstić information content (AvgIpc) is 3.14. The van der Waals surface area contributed by atoms with Crippen LogP contribution in [0.15, 0.2) is 12.1 Å². The number of piperidine rings is 1. The van der Waals surface area contributed by atoms with E-state index in [1.54, 1.807) is 6.07 Å². The highest BCUT2D eigenvalue weighted by atomic mass is 16.7. The van der Waals surface area contributed by atoms with Crippen LogP contribution in [0.25, 0.3) is 0 Å². The number of hydrogen-bond donors (Lipinski definition) is 5. The summed E-state index contributed by atoms with van der Waals surface area (Å²) in [7, 11) is 2.15. The van der Waals surface area contributed by atoms with Gasteiger partial charge in [0.25, 0.3) is 0 Å². The van der Waals surface area contributed by atoms with Crippen LogP contribution in [0.5, 0.6) is 11.5 Å². The molecule has 5 N–H and O–H groups in total. The number of carboxylic acids is 1. The van der Waals surface area contributed by atoms with Crippen LogP contribution in [0.1, 0.15) is 30.4 Å². The number of carbonyl (C=O) groups is 1. The zero-order valence-corrected chi connectivity index (χ0v) is 18.2. The van der Waals surface area contributed by atoms with Crippen LogP contribution in [0.4, 0.5) is 0 Å². The second kappa shape index (κ2) is 7.27. The van der Waals surface area contributed by atoms with Gasteiger partial charge in [-0.2, -0.15) is 0 Å². The van der Waals surface area contributed by atoms with Gasteiger partial charge in [0.05, 0.1) is 6.10 Å². The van der Waals surface area contributed by atoms with Gasteiger partial charge in [-0.25, -0.2) is 4.79 Å². The summed E-state index contributed by atoms with van der Waals surface area (Å²) in [6, 6.07) is 4.03. The molecule has 3 aliphatic heterocycles. The second-order valence-corrected chi connectivity index (χ2v) is 10.1. The number of ether oxygens (including phenoxy) is 3. The second-order valence-electron chi connectivity index (χ2n) is 10.1. The minimum atomic E-state index is -1.79. The zero-order chi connectivity index (χ0) is 23.2. The first-order chi connectivity index (χ1) is 15.7. The summed E-state index contributed by atoms with van der Waals surface area (Å²) in [6.07, 6.45) is -6.18. The van der Waals surface area contributed by atoms with E-state index in [1.165, 1.54) is 0 Å². The third-order valence-electron chi connectivity index (χ3n) is 8.60. The Labute approximate surface area is 190 Å². The summed E-state index contributed by atoms with van der Waals surface area (Å²) in [4.78, 5) is 13.9. The van der Waals surface area contributed by atoms with Gasteiger partial charge in [0.15, 0.2) is 17.6 Å². The van der Waals surface area contributed by atoms with Gasteiger partial charge >= 0.3 is 5.97 Å². The Kier molecular flexibility index (Phi) is 4.75. The molecule has 1 saturated carbocycles. The van der Waals surface area contributed by atoms with Crippen molar-refractivity contribution in [3.05, 3.63) is 23.3 Å². The first kappa shape index (κ1) is 21.6. The molecule has 2 unspecified atom stereocenters. The molecular weight excluding hydrogens is 434 g/mol. The van der Waals surface area contributed by atoms with Gasteiger partial charge < -0.3 is 44.6 Å². The van der Waals surface area contributed by atoms with E-state index >= 15 is 0 Å². The fourth-order valence-electron chi connectivity index (χ4n) is 7.07. The molecule has 180 valence electrons. The van der Waals surface area contributed by atoms with E-state index in [4.69, 9.17) is 14.2 Å². The monoisotopic (exact) mass is 463 g/mol. The highest BCUT2D eigenvalue weighted by Crippen LogP contribution is 2.63. The number of likely N-dealkylation sites (tertiary alicyclic amines) is 1. The molecule has 0 amide bonds. The maximum atomic E-state index is 11.5. The minimum absolute atomic E-state index is 0.262. The van der Waals surface area contributed by atoms with Crippen molar-refractivity contribution in [3.8, 4) is 11.5 Å². The van der Waals surface area contributed by atoms with Crippen molar-refractivity contribution < 1.29 is 44.5 Å². The third kappa shape index (κ3) is 2.79. The summed E-state index contributed by atoms with van der Waals surface area (Å²) < 4.78 is 17.6. The minimum Gasteiger partial charge on any atom is -0.483 e. The van der Waals surface area contributed by atoms with Gasteiger partial charge in [0.2, 0.25) is 6.29 Å². The molecule has 0 radical (unpaired) electrons. The summed E-state index contributed by atoms with van der Waals surface area (Å²) in [5.41, 5.74) is 1.87. The zero-order valence-electron chi connectivity index (χ0n) is 18.2. The Morgan fingerprint density at radius 3 is 2.70 bits per heavy atom. The van der Waals surface area contributed by atoms with E-state index in [0.29, 0.717) is 24.1 Å². The topological polar surface area (TPSA) is 149 Å². The maximum Gasteiger partial charge on any atom is 0.335 e. The number of benzene rings is 1. The van der Waals surface area contributed by atoms with Crippen LogP contribution in [0.3, 0.4) is 0 Å². The number of hydrogen-bond acceptors (Lipinski definition) is 9. The molecule has 0 aromatic heterocycles. The molecule has 1 aromatic carbocycles. The number of likely N-dealkylation sites (N-methyl/N-ethyl adjacent to an activating group) is 1. The van der Waals surface area contributed by atoms with Crippen molar-refractivity contribution in [2.75, 3.05) is 13.6 Å². The molecule has 6 rings (SSSR count). The molecule has 1 aromatic rings. The largest absolute Gasteiger partial charge is 0.483 e. The molecule has 3 heterocycles. The first-order valence-corrected chi connectivity index (χ1v) is 11.5. The lowest BCUT2D eigenvalue weighted by Crippen LogP contribution is -2.66. The van der Waals surface area contributed by atoms with Crippen molar-refractivity contribution >= 4 is 5.97 Å². The highest BCUT2D eigenvalue weighted by Gasteiger charge is 2.65. The molecule has 2 saturated heterocycles. The number of aliphatic hydroxyl groups is 4.